The van der Waals surface area contributed by atoms with Crippen LogP contribution >= 0.6 is 24.0 Å². The van der Waals surface area contributed by atoms with E-state index in [2.05, 4.69) is 17.4 Å². The Labute approximate surface area is 225 Å². The Kier molecular flexibility index (Phi) is 7.91. The molecule has 2 aliphatic heterocycles. The quantitative estimate of drug-likeness (QED) is 0.376. The SMILES string of the molecule is O=C1NC(=O)C(Cc2ccc(OCCN3CC(COc4ccc(-c5ccccc5)cc4)OC3=S)cc2)S1. The molecule has 0 aromatic heterocycles. The summed E-state index contributed by atoms with van der Waals surface area (Å²) in [7, 11) is 0. The van der Waals surface area contributed by atoms with E-state index in [1.165, 1.54) is 5.56 Å². The van der Waals surface area contributed by atoms with Crippen molar-refractivity contribution in [2.75, 3.05) is 26.3 Å². The van der Waals surface area contributed by atoms with Crippen molar-refractivity contribution in [3.05, 3.63) is 84.4 Å². The molecule has 9 heteroatoms. The number of carbonyl (C=O) groups is 2. The molecule has 3 aromatic rings. The van der Waals surface area contributed by atoms with Gasteiger partial charge in [-0.15, -0.1) is 0 Å². The van der Waals surface area contributed by atoms with Crippen LogP contribution in [0.3, 0.4) is 0 Å². The number of nitrogens with zero attached hydrogens (tertiary/aromatic N) is 1. The van der Waals surface area contributed by atoms with Gasteiger partial charge < -0.3 is 19.1 Å². The van der Waals surface area contributed by atoms with E-state index < -0.39 is 0 Å². The van der Waals surface area contributed by atoms with Gasteiger partial charge in [0, 0.05) is 0 Å². The lowest BCUT2D eigenvalue weighted by molar-refractivity contribution is -0.118. The van der Waals surface area contributed by atoms with Crippen LogP contribution in [0.5, 0.6) is 11.5 Å². The van der Waals surface area contributed by atoms with Gasteiger partial charge in [-0.05, 0) is 59.6 Å². The van der Waals surface area contributed by atoms with Crippen molar-refractivity contribution < 1.29 is 23.8 Å². The number of amides is 2. The minimum absolute atomic E-state index is 0.141. The highest BCUT2D eigenvalue weighted by atomic mass is 32.2. The number of carbonyl (C=O) groups excluding carboxylic acids is 2. The van der Waals surface area contributed by atoms with Crippen LogP contribution in [0.15, 0.2) is 78.9 Å². The van der Waals surface area contributed by atoms with Crippen LogP contribution in [0.2, 0.25) is 0 Å². The van der Waals surface area contributed by atoms with Gasteiger partial charge in [-0.2, -0.15) is 0 Å². The molecule has 0 saturated carbocycles. The molecular weight excluding hydrogens is 508 g/mol. The van der Waals surface area contributed by atoms with Crippen molar-refractivity contribution in [2.45, 2.75) is 17.8 Å². The molecule has 0 radical (unpaired) electrons. The molecule has 7 nitrogen and oxygen atoms in total. The van der Waals surface area contributed by atoms with E-state index in [0.717, 1.165) is 34.4 Å². The lowest BCUT2D eigenvalue weighted by Crippen LogP contribution is -2.30. The Morgan fingerprint density at radius 1 is 0.919 bits per heavy atom. The molecule has 0 aliphatic carbocycles. The first kappa shape index (κ1) is 25.1. The summed E-state index contributed by atoms with van der Waals surface area (Å²) in [6, 6.07) is 25.8. The largest absolute Gasteiger partial charge is 0.492 e. The molecule has 0 spiro atoms. The summed E-state index contributed by atoms with van der Waals surface area (Å²) in [5, 5.41) is 2.10. The van der Waals surface area contributed by atoms with Crippen LogP contribution in [0.25, 0.3) is 11.1 Å². The summed E-state index contributed by atoms with van der Waals surface area (Å²) in [5.74, 6) is 1.29. The minimum atomic E-state index is -0.374. The van der Waals surface area contributed by atoms with Crippen molar-refractivity contribution in [2.24, 2.45) is 0 Å². The van der Waals surface area contributed by atoms with Crippen LogP contribution in [0.1, 0.15) is 5.56 Å². The molecule has 190 valence electrons. The summed E-state index contributed by atoms with van der Waals surface area (Å²) in [6.07, 6.45) is 0.362. The zero-order valence-electron chi connectivity index (χ0n) is 20.0. The molecule has 2 saturated heterocycles. The van der Waals surface area contributed by atoms with Gasteiger partial charge in [0.05, 0.1) is 18.3 Å². The Bertz CT molecular complexity index is 1250. The van der Waals surface area contributed by atoms with Gasteiger partial charge >= 0.3 is 0 Å². The van der Waals surface area contributed by atoms with E-state index in [1.54, 1.807) is 0 Å². The fourth-order valence-electron chi connectivity index (χ4n) is 4.14. The highest BCUT2D eigenvalue weighted by Gasteiger charge is 2.31. The predicted molar refractivity (Wildman–Crippen MR) is 147 cm³/mol. The minimum Gasteiger partial charge on any atom is -0.492 e. The van der Waals surface area contributed by atoms with Crippen LogP contribution < -0.4 is 14.8 Å². The Morgan fingerprint density at radius 2 is 1.59 bits per heavy atom. The zero-order valence-corrected chi connectivity index (χ0v) is 21.6. The van der Waals surface area contributed by atoms with E-state index in [4.69, 9.17) is 26.4 Å². The van der Waals surface area contributed by atoms with Crippen molar-refractivity contribution in [3.8, 4) is 22.6 Å². The number of hydrogen-bond donors (Lipinski definition) is 1. The number of hydrogen-bond acceptors (Lipinski definition) is 7. The second-order valence-electron chi connectivity index (χ2n) is 8.73. The molecule has 3 aromatic carbocycles. The summed E-state index contributed by atoms with van der Waals surface area (Å²) in [4.78, 5) is 25.0. The third kappa shape index (κ3) is 6.61. The second kappa shape index (κ2) is 11.7. The molecule has 2 aliphatic rings. The summed E-state index contributed by atoms with van der Waals surface area (Å²) in [6.45, 7) is 2.10. The van der Waals surface area contributed by atoms with E-state index >= 15 is 0 Å². The molecule has 0 bridgehead atoms. The fraction of sp³-hybridized carbons (Fsp3) is 0.250. The summed E-state index contributed by atoms with van der Waals surface area (Å²) < 4.78 is 17.6. The summed E-state index contributed by atoms with van der Waals surface area (Å²) in [5.41, 5.74) is 3.28. The average molecular weight is 535 g/mol. The van der Waals surface area contributed by atoms with E-state index in [-0.39, 0.29) is 22.5 Å². The normalized spacial score (nSPS) is 19.0. The number of nitrogens with one attached hydrogen (secondary N) is 1. The van der Waals surface area contributed by atoms with Crippen molar-refractivity contribution in [3.63, 3.8) is 0 Å². The lowest BCUT2D eigenvalue weighted by atomic mass is 10.1. The number of thioether (sulfide) groups is 1. The zero-order chi connectivity index (χ0) is 25.6. The van der Waals surface area contributed by atoms with Crippen molar-refractivity contribution in [1.29, 1.82) is 0 Å². The highest BCUT2D eigenvalue weighted by Crippen LogP contribution is 2.25. The van der Waals surface area contributed by atoms with Crippen LogP contribution in [0, 0.1) is 0 Å². The standard InChI is InChI=1S/C28H26N2O5S2/c31-26-25(37-27(32)29-26)16-19-6-10-22(11-7-19)33-15-14-30-17-24(35-28(30)36)18-34-23-12-8-21(9-13-23)20-4-2-1-3-5-20/h1-13,24-25H,14-18H2,(H,29,31,32). The molecule has 5 rings (SSSR count). The third-order valence-electron chi connectivity index (χ3n) is 6.09. The van der Waals surface area contributed by atoms with E-state index in [1.807, 2.05) is 71.6 Å². The summed E-state index contributed by atoms with van der Waals surface area (Å²) >= 11 is 6.42. The number of rotatable bonds is 10. The molecule has 2 fully saturated rings. The third-order valence-corrected chi connectivity index (χ3v) is 7.42. The topological polar surface area (TPSA) is 77.1 Å². The number of imide groups is 1. The molecule has 2 unspecified atom stereocenters. The highest BCUT2D eigenvalue weighted by molar-refractivity contribution is 8.15. The van der Waals surface area contributed by atoms with Crippen LogP contribution in [-0.2, 0) is 16.0 Å². The number of thiocarbonyl (C=S) groups is 1. The van der Waals surface area contributed by atoms with Gasteiger partial charge in [-0.1, -0.05) is 66.4 Å². The van der Waals surface area contributed by atoms with Crippen LogP contribution in [0.4, 0.5) is 4.79 Å². The van der Waals surface area contributed by atoms with Gasteiger partial charge in [0.25, 0.3) is 10.4 Å². The first-order valence-electron chi connectivity index (χ1n) is 12.0. The second-order valence-corrected chi connectivity index (χ2v) is 10.3. The molecule has 2 heterocycles. The first-order chi connectivity index (χ1) is 18.0. The Hall–Kier alpha value is -3.56. The van der Waals surface area contributed by atoms with E-state index in [9.17, 15) is 9.59 Å². The van der Waals surface area contributed by atoms with Gasteiger partial charge in [-0.3, -0.25) is 14.9 Å². The Morgan fingerprint density at radius 3 is 2.30 bits per heavy atom. The number of benzene rings is 3. The van der Waals surface area contributed by atoms with Crippen LogP contribution in [-0.4, -0.2) is 58.9 Å². The molecule has 1 N–H and O–H groups in total. The maximum Gasteiger partial charge on any atom is 0.286 e. The monoisotopic (exact) mass is 534 g/mol. The molecular formula is C28H26N2O5S2. The lowest BCUT2D eigenvalue weighted by Gasteiger charge is -2.15. The van der Waals surface area contributed by atoms with Gasteiger partial charge in [-0.25, -0.2) is 0 Å². The van der Waals surface area contributed by atoms with Crippen molar-refractivity contribution in [1.82, 2.24) is 10.2 Å². The molecule has 37 heavy (non-hydrogen) atoms. The maximum atomic E-state index is 11.7. The first-order valence-corrected chi connectivity index (χ1v) is 13.3. The number of ether oxygens (including phenoxy) is 3. The smallest absolute Gasteiger partial charge is 0.286 e. The van der Waals surface area contributed by atoms with Gasteiger partial charge in [0.1, 0.15) is 24.7 Å². The van der Waals surface area contributed by atoms with E-state index in [0.29, 0.717) is 37.9 Å². The van der Waals surface area contributed by atoms with Gasteiger partial charge in [0.2, 0.25) is 5.91 Å². The van der Waals surface area contributed by atoms with Crippen molar-refractivity contribution >= 4 is 40.3 Å². The molecule has 2 amide bonds. The fourth-order valence-corrected chi connectivity index (χ4v) is 5.31. The molecule has 2 atom stereocenters. The van der Waals surface area contributed by atoms with Gasteiger partial charge in [0.15, 0.2) is 6.10 Å². The average Bonchev–Trinajstić information content (AvgIpc) is 3.44. The predicted octanol–water partition coefficient (Wildman–Crippen LogP) is 4.69. The maximum absolute atomic E-state index is 11.7. The Balaban J connectivity index is 1.03.